The van der Waals surface area contributed by atoms with Crippen LogP contribution < -0.4 is 4.90 Å². The summed E-state index contributed by atoms with van der Waals surface area (Å²) >= 11 is 5.72. The Morgan fingerprint density at radius 2 is 2.00 bits per heavy atom. The number of hydrogen-bond acceptors (Lipinski definition) is 2. The van der Waals surface area contributed by atoms with Crippen LogP contribution in [0.5, 0.6) is 0 Å². The second-order valence-electron chi connectivity index (χ2n) is 4.11. The van der Waals surface area contributed by atoms with Crippen LogP contribution in [0.15, 0.2) is 18.2 Å². The Kier molecular flexibility index (Phi) is 4.47. The summed E-state index contributed by atoms with van der Waals surface area (Å²) in [5, 5.41) is 9.28. The van der Waals surface area contributed by atoms with Gasteiger partial charge in [0.2, 0.25) is 0 Å². The third-order valence-corrected chi connectivity index (χ3v) is 2.60. The molecule has 0 aromatic heterocycles. The van der Waals surface area contributed by atoms with Gasteiger partial charge in [0, 0.05) is 11.1 Å². The molecule has 0 aliphatic rings. The van der Waals surface area contributed by atoms with E-state index in [4.69, 9.17) is 16.9 Å². The zero-order chi connectivity index (χ0) is 13.9. The van der Waals surface area contributed by atoms with Gasteiger partial charge >= 0.3 is 6.18 Å². The summed E-state index contributed by atoms with van der Waals surface area (Å²) < 4.78 is 37.5. The Morgan fingerprint density at radius 3 is 2.44 bits per heavy atom. The summed E-state index contributed by atoms with van der Waals surface area (Å²) in [4.78, 5) is 1.13. The second-order valence-corrected chi connectivity index (χ2v) is 4.55. The van der Waals surface area contributed by atoms with Crippen molar-refractivity contribution in [2.24, 2.45) is 0 Å². The molecular formula is C12H12ClF3N2. The standard InChI is InChI=1S/C12H12ClF3N2/c1-8(2)18(7-12(14,15)16)11-4-3-10(13)5-9(11)6-17/h3-5,8H,7H2,1-2H3. The van der Waals surface area contributed by atoms with E-state index in [1.165, 1.54) is 18.2 Å². The molecule has 0 saturated heterocycles. The molecule has 0 fully saturated rings. The number of hydrogen-bond donors (Lipinski definition) is 0. The maximum Gasteiger partial charge on any atom is 0.405 e. The highest BCUT2D eigenvalue weighted by atomic mass is 35.5. The van der Waals surface area contributed by atoms with E-state index in [9.17, 15) is 13.2 Å². The number of anilines is 1. The molecule has 0 bridgehead atoms. The molecule has 0 N–H and O–H groups in total. The van der Waals surface area contributed by atoms with Gasteiger partial charge in [-0.15, -0.1) is 0 Å². The second kappa shape index (κ2) is 5.49. The Bertz CT molecular complexity index is 463. The average molecular weight is 277 g/mol. The molecule has 0 spiro atoms. The van der Waals surface area contributed by atoms with Crippen molar-refractivity contribution in [1.82, 2.24) is 0 Å². The predicted octanol–water partition coefficient (Wildman–Crippen LogP) is 3.99. The van der Waals surface area contributed by atoms with Crippen LogP contribution in [0.3, 0.4) is 0 Å². The van der Waals surface area contributed by atoms with Crippen LogP contribution in [-0.2, 0) is 0 Å². The average Bonchev–Trinajstić information content (AvgIpc) is 2.24. The van der Waals surface area contributed by atoms with Crippen molar-refractivity contribution in [2.45, 2.75) is 26.1 Å². The maximum atomic E-state index is 12.5. The highest BCUT2D eigenvalue weighted by molar-refractivity contribution is 6.30. The lowest BCUT2D eigenvalue weighted by molar-refractivity contribution is -0.120. The van der Waals surface area contributed by atoms with Gasteiger partial charge in [-0.25, -0.2) is 0 Å². The van der Waals surface area contributed by atoms with Crippen molar-refractivity contribution in [3.8, 4) is 6.07 Å². The Balaban J connectivity index is 3.19. The molecule has 0 aliphatic carbocycles. The number of nitriles is 1. The summed E-state index contributed by atoms with van der Waals surface area (Å²) in [5.41, 5.74) is 0.384. The zero-order valence-electron chi connectivity index (χ0n) is 9.92. The van der Waals surface area contributed by atoms with Crippen LogP contribution in [0.1, 0.15) is 19.4 Å². The molecule has 6 heteroatoms. The molecule has 0 saturated carbocycles. The van der Waals surface area contributed by atoms with Gasteiger partial charge in [0.05, 0.1) is 11.3 Å². The molecule has 0 amide bonds. The van der Waals surface area contributed by atoms with Crippen molar-refractivity contribution < 1.29 is 13.2 Å². The Labute approximate surface area is 109 Å². The minimum Gasteiger partial charge on any atom is -0.359 e. The first-order valence-corrected chi connectivity index (χ1v) is 5.65. The van der Waals surface area contributed by atoms with E-state index in [-0.39, 0.29) is 17.3 Å². The predicted molar refractivity (Wildman–Crippen MR) is 64.7 cm³/mol. The molecule has 1 rings (SSSR count). The molecule has 0 heterocycles. The van der Waals surface area contributed by atoms with Crippen LogP contribution in [0.2, 0.25) is 5.02 Å². The summed E-state index contributed by atoms with van der Waals surface area (Å²) in [6.45, 7) is 2.18. The van der Waals surface area contributed by atoms with E-state index in [1.807, 2.05) is 6.07 Å². The summed E-state index contributed by atoms with van der Waals surface area (Å²) in [6, 6.07) is 5.77. The molecule has 0 atom stereocenters. The van der Waals surface area contributed by atoms with Crippen LogP contribution in [0, 0.1) is 11.3 Å². The Morgan fingerprint density at radius 1 is 1.39 bits per heavy atom. The monoisotopic (exact) mass is 276 g/mol. The smallest absolute Gasteiger partial charge is 0.359 e. The van der Waals surface area contributed by atoms with Crippen LogP contribution in [0.4, 0.5) is 18.9 Å². The van der Waals surface area contributed by atoms with Crippen molar-refractivity contribution in [3.05, 3.63) is 28.8 Å². The molecule has 18 heavy (non-hydrogen) atoms. The molecule has 2 nitrogen and oxygen atoms in total. The van der Waals surface area contributed by atoms with Crippen molar-refractivity contribution >= 4 is 17.3 Å². The van der Waals surface area contributed by atoms with Crippen molar-refractivity contribution in [2.75, 3.05) is 11.4 Å². The SMILES string of the molecule is CC(C)N(CC(F)(F)F)c1ccc(Cl)cc1C#N. The zero-order valence-corrected chi connectivity index (χ0v) is 10.7. The largest absolute Gasteiger partial charge is 0.405 e. The van der Waals surface area contributed by atoms with Gasteiger partial charge in [-0.05, 0) is 32.0 Å². The summed E-state index contributed by atoms with van der Waals surface area (Å²) in [5.74, 6) is 0. The van der Waals surface area contributed by atoms with Crippen LogP contribution in [-0.4, -0.2) is 18.8 Å². The van der Waals surface area contributed by atoms with E-state index in [1.54, 1.807) is 13.8 Å². The Hall–Kier alpha value is -1.41. The molecule has 1 aromatic carbocycles. The van der Waals surface area contributed by atoms with E-state index in [2.05, 4.69) is 0 Å². The first kappa shape index (κ1) is 14.7. The highest BCUT2D eigenvalue weighted by Gasteiger charge is 2.32. The van der Waals surface area contributed by atoms with Crippen molar-refractivity contribution in [3.63, 3.8) is 0 Å². The lowest BCUT2D eigenvalue weighted by Crippen LogP contribution is -2.39. The normalized spacial score (nSPS) is 11.4. The lowest BCUT2D eigenvalue weighted by Gasteiger charge is -2.30. The highest BCUT2D eigenvalue weighted by Crippen LogP contribution is 2.28. The lowest BCUT2D eigenvalue weighted by atomic mass is 10.1. The van der Waals surface area contributed by atoms with E-state index in [0.717, 1.165) is 4.90 Å². The number of alkyl halides is 3. The van der Waals surface area contributed by atoms with Gasteiger partial charge in [-0.2, -0.15) is 18.4 Å². The number of halogens is 4. The number of benzene rings is 1. The summed E-state index contributed by atoms with van der Waals surface area (Å²) in [7, 11) is 0. The fourth-order valence-electron chi connectivity index (χ4n) is 1.59. The minimum atomic E-state index is -4.32. The van der Waals surface area contributed by atoms with E-state index < -0.39 is 12.7 Å². The first-order valence-electron chi connectivity index (χ1n) is 5.27. The number of rotatable bonds is 3. The molecule has 0 aliphatic heterocycles. The van der Waals surface area contributed by atoms with Gasteiger partial charge in [0.25, 0.3) is 0 Å². The molecule has 0 radical (unpaired) electrons. The fraction of sp³-hybridized carbons (Fsp3) is 0.417. The minimum absolute atomic E-state index is 0.139. The van der Waals surface area contributed by atoms with Gasteiger partial charge in [-0.3, -0.25) is 0 Å². The molecule has 98 valence electrons. The quantitative estimate of drug-likeness (QED) is 0.835. The van der Waals surface area contributed by atoms with Gasteiger partial charge in [0.1, 0.15) is 12.6 Å². The first-order chi connectivity index (χ1) is 8.24. The van der Waals surface area contributed by atoms with Gasteiger partial charge in [-0.1, -0.05) is 11.6 Å². The van der Waals surface area contributed by atoms with E-state index >= 15 is 0 Å². The van der Waals surface area contributed by atoms with Crippen molar-refractivity contribution in [1.29, 1.82) is 5.26 Å². The fourth-order valence-corrected chi connectivity index (χ4v) is 1.76. The molecule has 1 aromatic rings. The third-order valence-electron chi connectivity index (χ3n) is 2.36. The molecular weight excluding hydrogens is 265 g/mol. The van der Waals surface area contributed by atoms with Gasteiger partial charge < -0.3 is 4.90 Å². The summed E-state index contributed by atoms with van der Waals surface area (Å²) in [6.07, 6.45) is -4.32. The third kappa shape index (κ3) is 3.81. The van der Waals surface area contributed by atoms with Crippen LogP contribution >= 0.6 is 11.6 Å². The molecule has 0 unspecified atom stereocenters. The van der Waals surface area contributed by atoms with Crippen LogP contribution in [0.25, 0.3) is 0 Å². The van der Waals surface area contributed by atoms with E-state index in [0.29, 0.717) is 5.02 Å². The number of nitrogens with zero attached hydrogens (tertiary/aromatic N) is 2. The van der Waals surface area contributed by atoms with Gasteiger partial charge in [0.15, 0.2) is 0 Å². The maximum absolute atomic E-state index is 12.5. The topological polar surface area (TPSA) is 27.0 Å².